The Kier molecular flexibility index (Phi) is 12.7. The zero-order chi connectivity index (χ0) is 23.1. The molecular formula is C26H34Br2O6. The number of carbonyl (C=O) groups is 2. The number of carboxylic acids is 1. The zero-order valence-corrected chi connectivity index (χ0v) is 21.1. The Balaban J connectivity index is 0.000000321. The van der Waals surface area contributed by atoms with Crippen molar-refractivity contribution < 1.29 is 28.9 Å². The number of aliphatic carboxylic acids is 1. The van der Waals surface area contributed by atoms with E-state index < -0.39 is 5.97 Å². The van der Waals surface area contributed by atoms with Crippen LogP contribution in [0.4, 0.5) is 0 Å². The second-order valence-corrected chi connectivity index (χ2v) is 9.08. The maximum atomic E-state index is 11.2. The lowest BCUT2D eigenvalue weighted by atomic mass is 10.0. The molecule has 188 valence electrons. The molecule has 2 aliphatic heterocycles. The van der Waals surface area contributed by atoms with Gasteiger partial charge < -0.3 is 19.3 Å². The van der Waals surface area contributed by atoms with Crippen LogP contribution in [-0.2, 0) is 40.0 Å². The number of hydrogen-bond donors (Lipinski definition) is 1. The van der Waals surface area contributed by atoms with Crippen LogP contribution in [0.15, 0.2) is 33.2 Å². The average molecular weight is 602 g/mol. The molecule has 0 saturated heterocycles. The quantitative estimate of drug-likeness (QED) is 0.362. The van der Waals surface area contributed by atoms with E-state index in [1.54, 1.807) is 0 Å². The van der Waals surface area contributed by atoms with E-state index in [1.807, 2.05) is 25.1 Å². The van der Waals surface area contributed by atoms with Gasteiger partial charge in [-0.2, -0.15) is 0 Å². The maximum Gasteiger partial charge on any atom is 0.306 e. The van der Waals surface area contributed by atoms with Gasteiger partial charge in [-0.25, -0.2) is 0 Å². The lowest BCUT2D eigenvalue weighted by Crippen LogP contribution is -2.05. The highest BCUT2D eigenvalue weighted by atomic mass is 79.9. The van der Waals surface area contributed by atoms with Crippen molar-refractivity contribution in [1.82, 2.24) is 0 Å². The van der Waals surface area contributed by atoms with Crippen LogP contribution in [-0.4, -0.2) is 36.9 Å². The fraction of sp³-hybridized carbons (Fsp3) is 0.462. The van der Waals surface area contributed by atoms with Crippen LogP contribution in [0.3, 0.4) is 0 Å². The highest BCUT2D eigenvalue weighted by molar-refractivity contribution is 9.13. The Morgan fingerprint density at radius 2 is 1.68 bits per heavy atom. The Morgan fingerprint density at radius 1 is 0.971 bits per heavy atom. The Hall–Kier alpha value is -2.06. The number of ether oxygens (including phenoxy) is 3. The molecule has 0 fully saturated rings. The number of halogens is 2. The van der Waals surface area contributed by atoms with Crippen molar-refractivity contribution in [1.29, 1.82) is 0 Å². The summed E-state index contributed by atoms with van der Waals surface area (Å²) in [6.07, 6.45) is 3.73. The number of rotatable bonds is 7. The fourth-order valence-corrected chi connectivity index (χ4v) is 4.74. The molecule has 34 heavy (non-hydrogen) atoms. The maximum absolute atomic E-state index is 11.2. The molecule has 8 heteroatoms. The summed E-state index contributed by atoms with van der Waals surface area (Å²) < 4.78 is 17.6. The van der Waals surface area contributed by atoms with E-state index in [-0.39, 0.29) is 27.2 Å². The molecule has 6 nitrogen and oxygen atoms in total. The van der Waals surface area contributed by atoms with Gasteiger partial charge in [0.25, 0.3) is 0 Å². The van der Waals surface area contributed by atoms with E-state index in [0.717, 1.165) is 57.4 Å². The van der Waals surface area contributed by atoms with E-state index >= 15 is 0 Å². The van der Waals surface area contributed by atoms with Crippen molar-refractivity contribution in [3.63, 3.8) is 0 Å². The molecule has 0 radical (unpaired) electrons. The van der Waals surface area contributed by atoms with Crippen molar-refractivity contribution in [2.24, 2.45) is 0 Å². The number of carboxylic acid groups (broad SMARTS) is 1. The predicted molar refractivity (Wildman–Crippen MR) is 141 cm³/mol. The number of carbonyl (C=O) groups excluding carboxylic acids is 1. The SMILES string of the molecule is C.C.CCOC(=O)CCc1ccc2c(c1)CCO2.O=C(O)CCc1cc2c(c(Br)c1Br)OCC2. The monoisotopic (exact) mass is 600 g/mol. The molecule has 0 saturated carbocycles. The van der Waals surface area contributed by atoms with Gasteiger partial charge in [-0.1, -0.05) is 33.1 Å². The number of esters is 1. The zero-order valence-electron chi connectivity index (χ0n) is 17.9. The predicted octanol–water partition coefficient (Wildman–Crippen LogP) is 6.55. The van der Waals surface area contributed by atoms with E-state index in [0.29, 0.717) is 26.1 Å². The van der Waals surface area contributed by atoms with E-state index in [2.05, 4.69) is 37.9 Å². The molecule has 0 spiro atoms. The van der Waals surface area contributed by atoms with Gasteiger partial charge in [0, 0.05) is 30.2 Å². The third-order valence-corrected chi connectivity index (χ3v) is 7.41. The average Bonchev–Trinajstić information content (AvgIpc) is 3.43. The summed E-state index contributed by atoms with van der Waals surface area (Å²) in [5, 5.41) is 8.68. The minimum Gasteiger partial charge on any atom is -0.493 e. The van der Waals surface area contributed by atoms with Gasteiger partial charge in [-0.3, -0.25) is 9.59 Å². The van der Waals surface area contributed by atoms with Gasteiger partial charge in [-0.15, -0.1) is 0 Å². The third kappa shape index (κ3) is 8.01. The Bertz CT molecular complexity index is 990. The molecule has 2 aromatic carbocycles. The van der Waals surface area contributed by atoms with Crippen LogP contribution >= 0.6 is 31.9 Å². The van der Waals surface area contributed by atoms with E-state index in [4.69, 9.17) is 19.3 Å². The van der Waals surface area contributed by atoms with Gasteiger partial charge in [0.05, 0.1) is 24.3 Å². The van der Waals surface area contributed by atoms with Crippen LogP contribution in [0, 0.1) is 0 Å². The van der Waals surface area contributed by atoms with Crippen LogP contribution in [0.1, 0.15) is 56.9 Å². The largest absolute Gasteiger partial charge is 0.493 e. The summed E-state index contributed by atoms with van der Waals surface area (Å²) in [6, 6.07) is 8.16. The van der Waals surface area contributed by atoms with E-state index in [1.165, 1.54) is 11.1 Å². The first-order valence-electron chi connectivity index (χ1n) is 10.6. The number of aryl methyl sites for hydroxylation is 2. The molecule has 0 unspecified atom stereocenters. The van der Waals surface area contributed by atoms with Crippen molar-refractivity contribution in [2.45, 2.75) is 60.3 Å². The normalized spacial score (nSPS) is 12.4. The summed E-state index contributed by atoms with van der Waals surface area (Å²) >= 11 is 6.93. The fourth-order valence-electron chi connectivity index (χ4n) is 3.62. The molecule has 2 aromatic rings. The van der Waals surface area contributed by atoms with E-state index in [9.17, 15) is 9.59 Å². The topological polar surface area (TPSA) is 82.1 Å². The minimum atomic E-state index is -0.778. The lowest BCUT2D eigenvalue weighted by Gasteiger charge is -2.09. The molecule has 0 amide bonds. The van der Waals surface area contributed by atoms with Crippen LogP contribution in [0.25, 0.3) is 0 Å². The van der Waals surface area contributed by atoms with Gasteiger partial charge in [0.1, 0.15) is 11.5 Å². The summed E-state index contributed by atoms with van der Waals surface area (Å²) in [7, 11) is 0. The molecule has 1 N–H and O–H groups in total. The van der Waals surface area contributed by atoms with Crippen molar-refractivity contribution in [3.05, 3.63) is 55.5 Å². The Morgan fingerprint density at radius 3 is 2.38 bits per heavy atom. The first kappa shape index (κ1) is 30.0. The first-order valence-corrected chi connectivity index (χ1v) is 12.2. The molecule has 0 aliphatic carbocycles. The highest BCUT2D eigenvalue weighted by Gasteiger charge is 2.20. The molecule has 0 atom stereocenters. The molecule has 2 aliphatic rings. The number of hydrogen-bond acceptors (Lipinski definition) is 5. The van der Waals surface area contributed by atoms with Crippen molar-refractivity contribution in [2.75, 3.05) is 19.8 Å². The lowest BCUT2D eigenvalue weighted by molar-refractivity contribution is -0.143. The van der Waals surface area contributed by atoms with Gasteiger partial charge in [0.15, 0.2) is 0 Å². The van der Waals surface area contributed by atoms with Crippen LogP contribution in [0.2, 0.25) is 0 Å². The summed E-state index contributed by atoms with van der Waals surface area (Å²) in [6.45, 7) is 3.75. The summed E-state index contributed by atoms with van der Waals surface area (Å²) in [5.41, 5.74) is 4.59. The van der Waals surface area contributed by atoms with Crippen LogP contribution < -0.4 is 9.47 Å². The molecule has 4 rings (SSSR count). The minimum absolute atomic E-state index is 0. The standard InChI is InChI=1S/C13H16O3.C11H10Br2O3.2CH4/c1-2-15-13(14)6-4-10-3-5-12-11(9-10)7-8-16-12;12-9-6(1-2-8(14)15)5-7-3-4-16-11(7)10(9)13;;/h3,5,9H,2,4,6-8H2,1H3;5H,1-4H2,(H,14,15);2*1H4. The second-order valence-electron chi connectivity index (χ2n) is 7.49. The molecular weight excluding hydrogens is 568 g/mol. The van der Waals surface area contributed by atoms with Gasteiger partial charge in [0.2, 0.25) is 0 Å². The van der Waals surface area contributed by atoms with Gasteiger partial charge >= 0.3 is 11.9 Å². The third-order valence-electron chi connectivity index (χ3n) is 5.22. The molecule has 0 bridgehead atoms. The smallest absolute Gasteiger partial charge is 0.306 e. The van der Waals surface area contributed by atoms with Crippen molar-refractivity contribution in [3.8, 4) is 11.5 Å². The van der Waals surface area contributed by atoms with Crippen molar-refractivity contribution >= 4 is 43.8 Å². The first-order chi connectivity index (χ1) is 15.4. The summed E-state index contributed by atoms with van der Waals surface area (Å²) in [4.78, 5) is 21.8. The number of benzene rings is 2. The van der Waals surface area contributed by atoms with Crippen LogP contribution in [0.5, 0.6) is 11.5 Å². The second kappa shape index (κ2) is 14.4. The summed E-state index contributed by atoms with van der Waals surface area (Å²) in [5.74, 6) is 0.963. The van der Waals surface area contributed by atoms with Gasteiger partial charge in [-0.05, 0) is 79.9 Å². The molecule has 0 aromatic heterocycles. The molecule has 2 heterocycles. The Labute approximate surface area is 219 Å². The number of fused-ring (bicyclic) bond motifs is 2. The highest BCUT2D eigenvalue weighted by Crippen LogP contribution is 2.41.